The third kappa shape index (κ3) is 4.27. The molecule has 1 saturated carbocycles. The lowest BCUT2D eigenvalue weighted by Gasteiger charge is -2.37. The van der Waals surface area contributed by atoms with Crippen molar-refractivity contribution in [2.45, 2.75) is 50.2 Å². The summed E-state index contributed by atoms with van der Waals surface area (Å²) >= 11 is 0. The number of hydrogen-bond donors (Lipinski definition) is 3. The summed E-state index contributed by atoms with van der Waals surface area (Å²) < 4.78 is 15.9. The van der Waals surface area contributed by atoms with E-state index in [-0.39, 0.29) is 24.3 Å². The summed E-state index contributed by atoms with van der Waals surface area (Å²) in [6.07, 6.45) is 4.55. The Labute approximate surface area is 158 Å². The van der Waals surface area contributed by atoms with Crippen LogP contribution in [0.3, 0.4) is 0 Å². The molecule has 2 fully saturated rings. The molecule has 1 saturated heterocycles. The number of anilines is 1. The van der Waals surface area contributed by atoms with Gasteiger partial charge < -0.3 is 30.2 Å². The third-order valence-corrected chi connectivity index (χ3v) is 5.32. The number of rotatable bonds is 6. The molecule has 1 aromatic rings. The normalized spacial score (nSPS) is 24.4. The Kier molecular flexibility index (Phi) is 6.05. The number of nitrogens with two attached hydrogens (primary N) is 1. The van der Waals surface area contributed by atoms with E-state index in [9.17, 15) is 9.59 Å². The molecule has 0 radical (unpaired) electrons. The van der Waals surface area contributed by atoms with E-state index >= 15 is 0 Å². The Hall–Kier alpha value is -2.48. The summed E-state index contributed by atoms with van der Waals surface area (Å²) in [5.74, 6) is 1.09. The van der Waals surface area contributed by atoms with Gasteiger partial charge in [-0.25, -0.2) is 0 Å². The molecule has 1 heterocycles. The highest BCUT2D eigenvalue weighted by Gasteiger charge is 2.40. The number of hydrogen-bond acceptors (Lipinski definition) is 5. The van der Waals surface area contributed by atoms with Gasteiger partial charge in [0.15, 0.2) is 17.5 Å². The van der Waals surface area contributed by atoms with Crippen molar-refractivity contribution in [3.63, 3.8) is 0 Å². The fourth-order valence-corrected chi connectivity index (χ4v) is 3.97. The lowest BCUT2D eigenvalue weighted by molar-refractivity contribution is -0.718. The fourth-order valence-electron chi connectivity index (χ4n) is 3.97. The smallest absolute Gasteiger partial charge is 0.279 e. The van der Waals surface area contributed by atoms with Gasteiger partial charge in [0.05, 0.1) is 33.8 Å². The number of ether oxygens (including phenoxy) is 3. The van der Waals surface area contributed by atoms with Crippen LogP contribution in [0.1, 0.15) is 32.1 Å². The highest BCUT2D eigenvalue weighted by molar-refractivity contribution is 5.95. The van der Waals surface area contributed by atoms with Crippen LogP contribution in [0.2, 0.25) is 0 Å². The number of fused-ring (bicyclic) bond motifs is 1. The molecular formula is C19H28N3O5+. The van der Waals surface area contributed by atoms with E-state index in [1.165, 1.54) is 27.8 Å². The van der Waals surface area contributed by atoms with Crippen LogP contribution in [0.15, 0.2) is 12.1 Å². The minimum Gasteiger partial charge on any atom is -0.493 e. The molecule has 8 nitrogen and oxygen atoms in total. The molecule has 0 bridgehead atoms. The highest BCUT2D eigenvalue weighted by Crippen LogP contribution is 2.39. The van der Waals surface area contributed by atoms with E-state index < -0.39 is 6.04 Å². The van der Waals surface area contributed by atoms with Gasteiger partial charge in [-0.1, -0.05) is 6.42 Å². The average molecular weight is 378 g/mol. The van der Waals surface area contributed by atoms with Crippen molar-refractivity contribution in [2.75, 3.05) is 26.6 Å². The van der Waals surface area contributed by atoms with Crippen LogP contribution in [0.5, 0.6) is 17.2 Å². The van der Waals surface area contributed by atoms with Crippen molar-refractivity contribution < 1.29 is 29.1 Å². The van der Waals surface area contributed by atoms with E-state index in [0.717, 1.165) is 19.3 Å². The summed E-state index contributed by atoms with van der Waals surface area (Å²) in [7, 11) is 4.56. The first-order chi connectivity index (χ1) is 13.0. The highest BCUT2D eigenvalue weighted by atomic mass is 16.5. The Morgan fingerprint density at radius 3 is 2.44 bits per heavy atom. The predicted molar refractivity (Wildman–Crippen MR) is 99.2 cm³/mol. The van der Waals surface area contributed by atoms with Gasteiger partial charge in [-0.15, -0.1) is 0 Å². The molecule has 27 heavy (non-hydrogen) atoms. The molecule has 1 aliphatic carbocycles. The van der Waals surface area contributed by atoms with E-state index in [0.29, 0.717) is 29.0 Å². The quantitative estimate of drug-likeness (QED) is 0.666. The van der Waals surface area contributed by atoms with E-state index in [4.69, 9.17) is 14.2 Å². The molecular weight excluding hydrogens is 350 g/mol. The van der Waals surface area contributed by atoms with Gasteiger partial charge >= 0.3 is 0 Å². The Balaban J connectivity index is 1.66. The zero-order chi connectivity index (χ0) is 19.4. The molecule has 0 aromatic heterocycles. The minimum absolute atomic E-state index is 0.0572. The number of amides is 2. The maximum atomic E-state index is 12.5. The molecule has 1 aromatic carbocycles. The maximum absolute atomic E-state index is 12.5. The summed E-state index contributed by atoms with van der Waals surface area (Å²) in [6, 6.07) is 3.55. The Morgan fingerprint density at radius 2 is 1.81 bits per heavy atom. The number of benzene rings is 1. The van der Waals surface area contributed by atoms with Gasteiger partial charge in [0.25, 0.3) is 5.91 Å². The molecule has 3 rings (SSSR count). The van der Waals surface area contributed by atoms with E-state index in [1.807, 2.05) is 0 Å². The number of carbonyl (C=O) groups is 2. The summed E-state index contributed by atoms with van der Waals surface area (Å²) in [4.78, 5) is 24.9. The van der Waals surface area contributed by atoms with Gasteiger partial charge in [-0.05, 0) is 12.8 Å². The summed E-state index contributed by atoms with van der Waals surface area (Å²) in [5, 5.41) is 7.98. The molecule has 2 amide bonds. The second-order valence-electron chi connectivity index (χ2n) is 7.03. The predicted octanol–water partition coefficient (Wildman–Crippen LogP) is 0.414. The van der Waals surface area contributed by atoms with Crippen LogP contribution in [-0.4, -0.2) is 51.3 Å². The minimum atomic E-state index is -0.397. The van der Waals surface area contributed by atoms with Crippen molar-refractivity contribution in [3.8, 4) is 17.2 Å². The van der Waals surface area contributed by atoms with Gasteiger partial charge in [-0.2, -0.15) is 0 Å². The average Bonchev–Trinajstić information content (AvgIpc) is 2.67. The van der Waals surface area contributed by atoms with Gasteiger partial charge in [0.1, 0.15) is 6.04 Å². The topological polar surface area (TPSA) is 102 Å². The number of piperazine rings is 1. The van der Waals surface area contributed by atoms with Crippen molar-refractivity contribution >= 4 is 17.5 Å². The van der Waals surface area contributed by atoms with Gasteiger partial charge in [0.2, 0.25) is 11.7 Å². The van der Waals surface area contributed by atoms with Crippen LogP contribution in [0.25, 0.3) is 0 Å². The SMILES string of the molecule is COc1cc(NC(=O)C[C@@H]2[NH2+][C@H]3CCCC[C@H]3NC2=O)cc(OC)c1OC. The van der Waals surface area contributed by atoms with Crippen LogP contribution < -0.4 is 30.2 Å². The van der Waals surface area contributed by atoms with Gasteiger partial charge in [0, 0.05) is 24.2 Å². The molecule has 0 unspecified atom stereocenters. The third-order valence-electron chi connectivity index (χ3n) is 5.32. The van der Waals surface area contributed by atoms with Crippen LogP contribution in [0, 0.1) is 0 Å². The number of carbonyl (C=O) groups excluding carboxylic acids is 2. The fraction of sp³-hybridized carbons (Fsp3) is 0.579. The lowest BCUT2D eigenvalue weighted by atomic mass is 9.87. The monoisotopic (exact) mass is 378 g/mol. The second kappa shape index (κ2) is 8.47. The van der Waals surface area contributed by atoms with Crippen molar-refractivity contribution in [3.05, 3.63) is 12.1 Å². The molecule has 148 valence electrons. The Bertz CT molecular complexity index is 684. The number of methoxy groups -OCH3 is 3. The zero-order valence-electron chi connectivity index (χ0n) is 16.0. The molecule has 2 aliphatic rings. The number of quaternary nitrogens is 1. The molecule has 4 N–H and O–H groups in total. The molecule has 0 spiro atoms. The first-order valence-electron chi connectivity index (χ1n) is 9.31. The lowest BCUT2D eigenvalue weighted by Crippen LogP contribution is -3.03. The van der Waals surface area contributed by atoms with E-state index in [1.54, 1.807) is 12.1 Å². The summed E-state index contributed by atoms with van der Waals surface area (Å²) in [5.41, 5.74) is 0.529. The van der Waals surface area contributed by atoms with Crippen molar-refractivity contribution in [1.82, 2.24) is 5.32 Å². The molecule has 1 aliphatic heterocycles. The van der Waals surface area contributed by atoms with Gasteiger partial charge in [-0.3, -0.25) is 9.59 Å². The van der Waals surface area contributed by atoms with Crippen LogP contribution in [0.4, 0.5) is 5.69 Å². The maximum Gasteiger partial charge on any atom is 0.279 e. The molecule has 3 atom stereocenters. The van der Waals surface area contributed by atoms with Crippen molar-refractivity contribution in [1.29, 1.82) is 0 Å². The standard InChI is InChI=1S/C19H27N3O5/c1-25-15-8-11(9-16(26-2)18(15)27-3)20-17(23)10-14-19(24)22-13-7-5-4-6-12(13)21-14/h8-9,12-14,21H,4-7,10H2,1-3H3,(H,20,23)(H,22,24)/p+1/t12-,13+,14-/m0/s1. The largest absolute Gasteiger partial charge is 0.493 e. The molecule has 8 heteroatoms. The zero-order valence-corrected chi connectivity index (χ0v) is 16.0. The second-order valence-corrected chi connectivity index (χ2v) is 7.03. The Morgan fingerprint density at radius 1 is 1.15 bits per heavy atom. The van der Waals surface area contributed by atoms with Crippen LogP contribution >= 0.6 is 0 Å². The van der Waals surface area contributed by atoms with Crippen LogP contribution in [-0.2, 0) is 9.59 Å². The van der Waals surface area contributed by atoms with E-state index in [2.05, 4.69) is 16.0 Å². The van der Waals surface area contributed by atoms with Crippen molar-refractivity contribution in [2.24, 2.45) is 0 Å². The number of nitrogens with one attached hydrogen (secondary N) is 2. The summed E-state index contributed by atoms with van der Waals surface area (Å²) in [6.45, 7) is 0. The first-order valence-corrected chi connectivity index (χ1v) is 9.31. The first kappa shape index (κ1) is 19.3.